The number of anilines is 1. The summed E-state index contributed by atoms with van der Waals surface area (Å²) in [7, 11) is -8.86. The third-order valence-electron chi connectivity index (χ3n) is 4.78. The van der Waals surface area contributed by atoms with Crippen molar-refractivity contribution in [3.05, 3.63) is 65.7 Å². The summed E-state index contributed by atoms with van der Waals surface area (Å²) in [5, 5.41) is 0. The van der Waals surface area contributed by atoms with Gasteiger partial charge in [-0.15, -0.1) is 0 Å². The van der Waals surface area contributed by atoms with Crippen LogP contribution in [0.1, 0.15) is 11.1 Å². The molecule has 0 atom stereocenters. The van der Waals surface area contributed by atoms with Crippen molar-refractivity contribution in [2.45, 2.75) is 16.2 Å². The summed E-state index contributed by atoms with van der Waals surface area (Å²) in [6.45, 7) is 0. The fourth-order valence-electron chi connectivity index (χ4n) is 3.57. The summed E-state index contributed by atoms with van der Waals surface area (Å²) < 4.78 is 65.8. The lowest BCUT2D eigenvalue weighted by molar-refractivity contribution is 0.481. The molecule has 4 N–H and O–H groups in total. The molecule has 28 heavy (non-hydrogen) atoms. The highest BCUT2D eigenvalue weighted by Crippen LogP contribution is 2.45. The molecule has 0 heterocycles. The molecule has 0 saturated heterocycles. The Kier molecular flexibility index (Phi) is 4.09. The SMILES string of the molecule is Nc1ccc(-c2c(S(=O)(=O)O)ccc3c2Cc2cc(S(=O)(=O)O)ccc2-3)cc1. The first-order valence-corrected chi connectivity index (χ1v) is 11.0. The van der Waals surface area contributed by atoms with Gasteiger partial charge in [-0.2, -0.15) is 16.8 Å². The lowest BCUT2D eigenvalue weighted by atomic mass is 9.95. The summed E-state index contributed by atoms with van der Waals surface area (Å²) in [6.07, 6.45) is 0.247. The lowest BCUT2D eigenvalue weighted by Gasteiger charge is -2.13. The predicted molar refractivity (Wildman–Crippen MR) is 104 cm³/mol. The van der Waals surface area contributed by atoms with Crippen LogP contribution >= 0.6 is 0 Å². The summed E-state index contributed by atoms with van der Waals surface area (Å²) in [4.78, 5) is -0.470. The second kappa shape index (κ2) is 6.14. The second-order valence-corrected chi connectivity index (χ2v) is 9.34. The Morgan fingerprint density at radius 1 is 0.786 bits per heavy atom. The first-order valence-electron chi connectivity index (χ1n) is 8.16. The molecule has 0 aromatic heterocycles. The quantitative estimate of drug-likeness (QED) is 0.344. The Balaban J connectivity index is 1.99. The molecular weight excluding hydrogens is 402 g/mol. The smallest absolute Gasteiger partial charge is 0.295 e. The lowest BCUT2D eigenvalue weighted by Crippen LogP contribution is -2.03. The highest BCUT2D eigenvalue weighted by molar-refractivity contribution is 7.86. The molecule has 0 saturated carbocycles. The van der Waals surface area contributed by atoms with Crippen LogP contribution in [0, 0.1) is 0 Å². The van der Waals surface area contributed by atoms with Gasteiger partial charge in [0.15, 0.2) is 0 Å². The Hall–Kier alpha value is -2.72. The van der Waals surface area contributed by atoms with E-state index >= 15 is 0 Å². The average molecular weight is 417 g/mol. The molecule has 144 valence electrons. The molecule has 0 aliphatic heterocycles. The van der Waals surface area contributed by atoms with E-state index in [1.54, 1.807) is 36.4 Å². The van der Waals surface area contributed by atoms with E-state index in [1.165, 1.54) is 18.2 Å². The van der Waals surface area contributed by atoms with Crippen LogP contribution in [0.3, 0.4) is 0 Å². The van der Waals surface area contributed by atoms with Crippen molar-refractivity contribution in [2.24, 2.45) is 0 Å². The number of nitrogens with two attached hydrogens (primary N) is 1. The number of nitrogen functional groups attached to an aromatic ring is 1. The molecule has 3 aromatic rings. The highest BCUT2D eigenvalue weighted by atomic mass is 32.2. The van der Waals surface area contributed by atoms with E-state index in [2.05, 4.69) is 0 Å². The summed E-state index contributed by atoms with van der Waals surface area (Å²) in [5.41, 5.74) is 9.86. The van der Waals surface area contributed by atoms with Crippen LogP contribution in [0.2, 0.25) is 0 Å². The molecule has 9 heteroatoms. The summed E-state index contributed by atoms with van der Waals surface area (Å²) in [6, 6.07) is 13.7. The Bertz CT molecular complexity index is 1330. The van der Waals surface area contributed by atoms with Crippen LogP contribution in [-0.4, -0.2) is 25.9 Å². The monoisotopic (exact) mass is 417 g/mol. The fraction of sp³-hybridized carbons (Fsp3) is 0.0526. The van der Waals surface area contributed by atoms with Crippen molar-refractivity contribution in [3.63, 3.8) is 0 Å². The zero-order chi connectivity index (χ0) is 20.3. The van der Waals surface area contributed by atoms with Gasteiger partial charge in [0.25, 0.3) is 20.2 Å². The van der Waals surface area contributed by atoms with Crippen molar-refractivity contribution in [2.75, 3.05) is 5.73 Å². The van der Waals surface area contributed by atoms with E-state index in [0.29, 0.717) is 27.9 Å². The minimum Gasteiger partial charge on any atom is -0.399 e. The molecular formula is C19H15NO6S2. The molecule has 0 bridgehead atoms. The van der Waals surface area contributed by atoms with Gasteiger partial charge in [0.2, 0.25) is 0 Å². The second-order valence-electron chi connectivity index (χ2n) is 6.53. The molecule has 7 nitrogen and oxygen atoms in total. The van der Waals surface area contributed by atoms with Gasteiger partial charge in [0, 0.05) is 11.3 Å². The van der Waals surface area contributed by atoms with Crippen molar-refractivity contribution in [3.8, 4) is 22.3 Å². The number of benzene rings is 3. The normalized spacial score (nSPS) is 13.2. The Morgan fingerprint density at radius 3 is 2.04 bits per heavy atom. The number of fused-ring (bicyclic) bond motifs is 3. The van der Waals surface area contributed by atoms with Crippen LogP contribution < -0.4 is 5.73 Å². The standard InChI is InChI=1S/C19H15NO6S2/c20-13-3-1-11(2-4-13)19-17-10-12-9-14(27(21,22)23)5-6-15(12)16(17)7-8-18(19)28(24,25)26/h1-9H,10,20H2,(H,21,22,23)(H,24,25,26). The fourth-order valence-corrected chi connectivity index (χ4v) is 4.84. The van der Waals surface area contributed by atoms with Gasteiger partial charge < -0.3 is 5.73 Å². The zero-order valence-electron chi connectivity index (χ0n) is 14.3. The van der Waals surface area contributed by atoms with E-state index in [1.807, 2.05) is 0 Å². The molecule has 1 aliphatic carbocycles. The van der Waals surface area contributed by atoms with Crippen LogP contribution in [0.5, 0.6) is 0 Å². The molecule has 3 aromatic carbocycles. The van der Waals surface area contributed by atoms with Gasteiger partial charge in [-0.05, 0) is 64.6 Å². The maximum atomic E-state index is 12.0. The maximum absolute atomic E-state index is 12.0. The first-order chi connectivity index (χ1) is 13.1. The number of hydrogen-bond acceptors (Lipinski definition) is 5. The zero-order valence-corrected chi connectivity index (χ0v) is 16.0. The largest absolute Gasteiger partial charge is 0.399 e. The number of hydrogen-bond donors (Lipinski definition) is 3. The van der Waals surface area contributed by atoms with Crippen molar-refractivity contribution in [1.82, 2.24) is 0 Å². The van der Waals surface area contributed by atoms with Gasteiger partial charge in [-0.1, -0.05) is 24.3 Å². The minimum absolute atomic E-state index is 0.233. The van der Waals surface area contributed by atoms with Crippen LogP contribution in [0.4, 0.5) is 5.69 Å². The van der Waals surface area contributed by atoms with E-state index in [0.717, 1.165) is 11.1 Å². The van der Waals surface area contributed by atoms with Crippen LogP contribution in [0.15, 0.2) is 64.4 Å². The topological polar surface area (TPSA) is 135 Å². The van der Waals surface area contributed by atoms with Gasteiger partial charge in [0.05, 0.1) is 4.90 Å². The molecule has 0 amide bonds. The van der Waals surface area contributed by atoms with Gasteiger partial charge in [-0.3, -0.25) is 9.11 Å². The Labute approximate surface area is 162 Å². The van der Waals surface area contributed by atoms with Gasteiger partial charge in [0.1, 0.15) is 4.90 Å². The molecule has 0 spiro atoms. The molecule has 0 fully saturated rings. The van der Waals surface area contributed by atoms with E-state index < -0.39 is 20.2 Å². The van der Waals surface area contributed by atoms with E-state index in [9.17, 15) is 25.9 Å². The third kappa shape index (κ3) is 3.08. The Morgan fingerprint density at radius 2 is 1.43 bits per heavy atom. The predicted octanol–water partition coefficient (Wildman–Crippen LogP) is 3.00. The average Bonchev–Trinajstić information content (AvgIpc) is 2.98. The molecule has 4 rings (SSSR count). The molecule has 0 radical (unpaired) electrons. The van der Waals surface area contributed by atoms with Gasteiger partial charge >= 0.3 is 0 Å². The summed E-state index contributed by atoms with van der Waals surface area (Å²) >= 11 is 0. The van der Waals surface area contributed by atoms with Gasteiger partial charge in [-0.25, -0.2) is 0 Å². The highest BCUT2D eigenvalue weighted by Gasteiger charge is 2.28. The van der Waals surface area contributed by atoms with E-state index in [-0.39, 0.29) is 16.2 Å². The summed E-state index contributed by atoms with van der Waals surface area (Å²) in [5.74, 6) is 0. The van der Waals surface area contributed by atoms with Crippen LogP contribution in [0.25, 0.3) is 22.3 Å². The van der Waals surface area contributed by atoms with Crippen molar-refractivity contribution >= 4 is 25.9 Å². The third-order valence-corrected chi connectivity index (χ3v) is 6.53. The van der Waals surface area contributed by atoms with Crippen LogP contribution in [-0.2, 0) is 26.7 Å². The van der Waals surface area contributed by atoms with Crippen molar-refractivity contribution in [1.29, 1.82) is 0 Å². The first kappa shape index (κ1) is 18.6. The molecule has 0 unspecified atom stereocenters. The van der Waals surface area contributed by atoms with Crippen molar-refractivity contribution < 1.29 is 25.9 Å². The van der Waals surface area contributed by atoms with E-state index in [4.69, 9.17) is 5.73 Å². The number of rotatable bonds is 3. The minimum atomic E-state index is -4.50. The maximum Gasteiger partial charge on any atom is 0.295 e. The molecule has 1 aliphatic rings.